The molecule has 0 spiro atoms. The minimum Gasteiger partial charge on any atom is -0.343 e. The first-order chi connectivity index (χ1) is 17.8. The van der Waals surface area contributed by atoms with Crippen molar-refractivity contribution in [3.8, 4) is 0 Å². The van der Waals surface area contributed by atoms with E-state index in [4.69, 9.17) is 10.2 Å². The molecule has 3 aliphatic rings. The number of amides is 2. The maximum atomic E-state index is 13.3. The van der Waals surface area contributed by atoms with E-state index < -0.39 is 0 Å². The number of nitrogens with zero attached hydrogens (tertiary/aromatic N) is 4. The molecule has 7 heteroatoms. The molecule has 2 amide bonds. The SMILES string of the molecule is Cc1ccc(NC(=O)CC(CC(=O)N2CCCC2)c2nnc([C@H]3C[C@@H](CC(C)C)C3)n2C2CC2)c(C)c1. The molecule has 0 bridgehead atoms. The highest BCUT2D eigenvalue weighted by Gasteiger charge is 2.40. The highest BCUT2D eigenvalue weighted by Crippen LogP contribution is 2.48. The molecule has 37 heavy (non-hydrogen) atoms. The predicted octanol–water partition coefficient (Wildman–Crippen LogP) is 5.89. The fraction of sp³-hybridized carbons (Fsp3) is 0.667. The Hall–Kier alpha value is -2.70. The van der Waals surface area contributed by atoms with E-state index in [1.54, 1.807) is 0 Å². The van der Waals surface area contributed by atoms with Gasteiger partial charge in [-0.05, 0) is 82.3 Å². The Morgan fingerprint density at radius 3 is 2.43 bits per heavy atom. The van der Waals surface area contributed by atoms with Crippen molar-refractivity contribution in [1.29, 1.82) is 0 Å². The molecule has 2 heterocycles. The molecule has 5 rings (SSSR count). The highest BCUT2D eigenvalue weighted by atomic mass is 16.2. The van der Waals surface area contributed by atoms with Crippen molar-refractivity contribution < 1.29 is 9.59 Å². The second-order valence-corrected chi connectivity index (χ2v) is 12.2. The summed E-state index contributed by atoms with van der Waals surface area (Å²) >= 11 is 0. The molecule has 1 unspecified atom stereocenters. The van der Waals surface area contributed by atoms with Gasteiger partial charge in [-0.2, -0.15) is 0 Å². The molecule has 1 aliphatic heterocycles. The van der Waals surface area contributed by atoms with E-state index in [9.17, 15) is 9.59 Å². The Kier molecular flexibility index (Phi) is 7.68. The van der Waals surface area contributed by atoms with Crippen LogP contribution in [0, 0.1) is 25.7 Å². The molecular formula is C30H43N5O2. The summed E-state index contributed by atoms with van der Waals surface area (Å²) in [6.07, 6.45) is 8.54. The van der Waals surface area contributed by atoms with E-state index in [-0.39, 0.29) is 24.2 Å². The number of benzene rings is 1. The molecule has 2 aliphatic carbocycles. The Bertz CT molecular complexity index is 1120. The van der Waals surface area contributed by atoms with Gasteiger partial charge in [0, 0.05) is 49.5 Å². The molecule has 0 radical (unpaired) electrons. The van der Waals surface area contributed by atoms with Crippen LogP contribution in [0.5, 0.6) is 0 Å². The Morgan fingerprint density at radius 1 is 1.05 bits per heavy atom. The van der Waals surface area contributed by atoms with Crippen molar-refractivity contribution in [3.63, 3.8) is 0 Å². The van der Waals surface area contributed by atoms with Crippen LogP contribution < -0.4 is 5.32 Å². The number of anilines is 1. The minimum atomic E-state index is -0.271. The van der Waals surface area contributed by atoms with E-state index in [1.807, 2.05) is 30.9 Å². The van der Waals surface area contributed by atoms with Crippen molar-refractivity contribution in [3.05, 3.63) is 41.0 Å². The average molecular weight is 506 g/mol. The van der Waals surface area contributed by atoms with Gasteiger partial charge in [-0.1, -0.05) is 31.5 Å². The summed E-state index contributed by atoms with van der Waals surface area (Å²) in [6.45, 7) is 10.3. The molecule has 2 aromatic rings. The summed E-state index contributed by atoms with van der Waals surface area (Å²) in [5, 5.41) is 12.5. The van der Waals surface area contributed by atoms with Gasteiger partial charge >= 0.3 is 0 Å². The Balaban J connectivity index is 1.36. The number of hydrogen-bond donors (Lipinski definition) is 1. The number of hydrogen-bond acceptors (Lipinski definition) is 4. The molecule has 1 aromatic heterocycles. The fourth-order valence-electron chi connectivity index (χ4n) is 6.33. The molecule has 1 N–H and O–H groups in total. The normalized spacial score (nSPS) is 22.2. The molecular weight excluding hydrogens is 462 g/mol. The van der Waals surface area contributed by atoms with Crippen LogP contribution in [0.25, 0.3) is 0 Å². The molecule has 7 nitrogen and oxygen atoms in total. The quantitative estimate of drug-likeness (QED) is 0.436. The number of likely N-dealkylation sites (tertiary alicyclic amines) is 1. The van der Waals surface area contributed by atoms with Gasteiger partial charge in [-0.15, -0.1) is 10.2 Å². The van der Waals surface area contributed by atoms with Gasteiger partial charge in [0.2, 0.25) is 11.8 Å². The lowest BCUT2D eigenvalue weighted by Crippen LogP contribution is -2.31. The van der Waals surface area contributed by atoms with Crippen LogP contribution in [-0.2, 0) is 9.59 Å². The average Bonchev–Trinajstić information content (AvgIpc) is 3.32. The molecule has 200 valence electrons. The minimum absolute atomic E-state index is 0.0706. The van der Waals surface area contributed by atoms with E-state index in [1.165, 1.54) is 24.8 Å². The fourth-order valence-corrected chi connectivity index (χ4v) is 6.33. The van der Waals surface area contributed by atoms with Gasteiger partial charge in [0.05, 0.1) is 0 Å². The summed E-state index contributed by atoms with van der Waals surface area (Å²) in [5.41, 5.74) is 3.04. The van der Waals surface area contributed by atoms with Crippen molar-refractivity contribution in [2.45, 2.75) is 103 Å². The summed E-state index contributed by atoms with van der Waals surface area (Å²) in [6, 6.07) is 6.46. The van der Waals surface area contributed by atoms with Crippen molar-refractivity contribution >= 4 is 17.5 Å². The largest absolute Gasteiger partial charge is 0.343 e. The molecule has 1 saturated heterocycles. The van der Waals surface area contributed by atoms with Gasteiger partial charge in [0.15, 0.2) is 0 Å². The molecule has 1 atom stereocenters. The van der Waals surface area contributed by atoms with Crippen LogP contribution in [0.3, 0.4) is 0 Å². The third-order valence-electron chi connectivity index (χ3n) is 8.40. The third kappa shape index (κ3) is 6.07. The topological polar surface area (TPSA) is 80.1 Å². The first-order valence-corrected chi connectivity index (χ1v) is 14.4. The van der Waals surface area contributed by atoms with Gasteiger partial charge in [-0.3, -0.25) is 9.59 Å². The maximum Gasteiger partial charge on any atom is 0.225 e. The lowest BCUT2D eigenvalue weighted by Gasteiger charge is -2.36. The first kappa shape index (κ1) is 25.9. The highest BCUT2D eigenvalue weighted by molar-refractivity contribution is 5.92. The number of aryl methyl sites for hydroxylation is 2. The zero-order valence-electron chi connectivity index (χ0n) is 23.0. The van der Waals surface area contributed by atoms with Crippen LogP contribution in [0.15, 0.2) is 18.2 Å². The van der Waals surface area contributed by atoms with Crippen LogP contribution in [-0.4, -0.2) is 44.6 Å². The van der Waals surface area contributed by atoms with E-state index >= 15 is 0 Å². The van der Waals surface area contributed by atoms with E-state index in [2.05, 4.69) is 29.8 Å². The first-order valence-electron chi connectivity index (χ1n) is 14.4. The molecule has 3 fully saturated rings. The summed E-state index contributed by atoms with van der Waals surface area (Å²) in [4.78, 5) is 28.5. The lowest BCUT2D eigenvalue weighted by molar-refractivity contribution is -0.130. The maximum absolute atomic E-state index is 13.3. The van der Waals surface area contributed by atoms with Gasteiger partial charge in [0.25, 0.3) is 0 Å². The van der Waals surface area contributed by atoms with Crippen molar-refractivity contribution in [2.24, 2.45) is 11.8 Å². The van der Waals surface area contributed by atoms with Crippen LogP contribution in [0.2, 0.25) is 0 Å². The zero-order chi connectivity index (χ0) is 26.1. The number of aromatic nitrogens is 3. The zero-order valence-corrected chi connectivity index (χ0v) is 23.0. The van der Waals surface area contributed by atoms with Crippen LogP contribution >= 0.6 is 0 Å². The van der Waals surface area contributed by atoms with Crippen LogP contribution in [0.4, 0.5) is 5.69 Å². The summed E-state index contributed by atoms with van der Waals surface area (Å²) in [7, 11) is 0. The number of nitrogens with one attached hydrogen (secondary N) is 1. The van der Waals surface area contributed by atoms with E-state index in [0.29, 0.717) is 18.4 Å². The Morgan fingerprint density at radius 2 is 1.78 bits per heavy atom. The van der Waals surface area contributed by atoms with Gasteiger partial charge in [0.1, 0.15) is 11.6 Å². The van der Waals surface area contributed by atoms with Gasteiger partial charge < -0.3 is 14.8 Å². The second kappa shape index (κ2) is 11.0. The Labute approximate surface area is 221 Å². The van der Waals surface area contributed by atoms with Gasteiger partial charge in [-0.25, -0.2) is 0 Å². The summed E-state index contributed by atoms with van der Waals surface area (Å²) in [5.74, 6) is 3.66. The van der Waals surface area contributed by atoms with Crippen molar-refractivity contribution in [2.75, 3.05) is 18.4 Å². The number of carbonyl (C=O) groups excluding carboxylic acids is 2. The third-order valence-corrected chi connectivity index (χ3v) is 8.40. The number of rotatable bonds is 10. The van der Waals surface area contributed by atoms with Crippen molar-refractivity contribution in [1.82, 2.24) is 19.7 Å². The smallest absolute Gasteiger partial charge is 0.225 e. The number of carbonyl (C=O) groups is 2. The standard InChI is InChI=1S/C30H43N5O2/c1-19(2)13-22-15-23(16-22)29-32-33-30(35(29)25-8-9-25)24(18-28(37)34-11-5-6-12-34)17-27(36)31-26-10-7-20(3)14-21(26)4/h7,10,14,19,22-25H,5-6,8-9,11-13,15-18H2,1-4H3,(H,31,36)/t22-,23+,24?. The summed E-state index contributed by atoms with van der Waals surface area (Å²) < 4.78 is 2.34. The molecule has 1 aromatic carbocycles. The van der Waals surface area contributed by atoms with Crippen LogP contribution in [0.1, 0.15) is 112 Å². The predicted molar refractivity (Wildman–Crippen MR) is 146 cm³/mol. The van der Waals surface area contributed by atoms with E-state index in [0.717, 1.165) is 73.5 Å². The lowest BCUT2D eigenvalue weighted by atomic mass is 9.71. The monoisotopic (exact) mass is 505 g/mol. The second-order valence-electron chi connectivity index (χ2n) is 12.2. The molecule has 2 saturated carbocycles.